The Morgan fingerprint density at radius 2 is 1.97 bits per heavy atom. The number of hydrogen-bond donors (Lipinski definition) is 3. The molecule has 1 fully saturated rings. The number of piperidine rings is 1. The van der Waals surface area contributed by atoms with Crippen LogP contribution in [0.2, 0.25) is 0 Å². The van der Waals surface area contributed by atoms with E-state index in [0.717, 1.165) is 42.6 Å². The Kier molecular flexibility index (Phi) is 7.17. The Morgan fingerprint density at radius 3 is 2.64 bits per heavy atom. The molecule has 5 N–H and O–H groups in total. The number of nitrogens with zero attached hydrogens (tertiary/aromatic N) is 2. The number of ether oxygens (including phenoxy) is 1. The summed E-state index contributed by atoms with van der Waals surface area (Å²) in [4.78, 5) is 15.5. The number of carbonyl (C=O) groups excluding carboxylic acids is 1. The Hall–Kier alpha value is -2.68. The number of carbonyl (C=O) groups is 1. The summed E-state index contributed by atoms with van der Waals surface area (Å²) in [5.41, 5.74) is 14.5. The molecule has 2 aliphatic rings. The van der Waals surface area contributed by atoms with Crippen LogP contribution in [0.5, 0.6) is 5.75 Å². The van der Waals surface area contributed by atoms with Crippen LogP contribution in [0.1, 0.15) is 35.6 Å². The number of aryl methyl sites for hydroxylation is 1. The monoisotopic (exact) mass is 456 g/mol. The summed E-state index contributed by atoms with van der Waals surface area (Å²) in [5, 5.41) is 10.6. The van der Waals surface area contributed by atoms with Gasteiger partial charge in [0.25, 0.3) is 0 Å². The van der Waals surface area contributed by atoms with Gasteiger partial charge in [0, 0.05) is 31.6 Å². The Labute approximate surface area is 194 Å². The van der Waals surface area contributed by atoms with E-state index in [1.807, 2.05) is 19.1 Å². The number of primary amides is 1. The minimum atomic E-state index is -0.660. The maximum Gasteiger partial charge on any atom is 0.319 e. The first-order valence-electron chi connectivity index (χ1n) is 11.6. The summed E-state index contributed by atoms with van der Waals surface area (Å²) in [6.45, 7) is 4.94. The molecule has 33 heavy (non-hydrogen) atoms. The highest BCUT2D eigenvalue weighted by atomic mass is 19.1. The lowest BCUT2D eigenvalue weighted by molar-refractivity contribution is -0.0645. The number of nitrogens with two attached hydrogens (primary N) is 2. The van der Waals surface area contributed by atoms with Crippen molar-refractivity contribution < 1.29 is 19.0 Å². The predicted molar refractivity (Wildman–Crippen MR) is 126 cm³/mol. The van der Waals surface area contributed by atoms with Crippen molar-refractivity contribution in [1.29, 1.82) is 0 Å². The van der Waals surface area contributed by atoms with Crippen LogP contribution in [0.4, 0.5) is 14.9 Å². The fraction of sp³-hybridized carbons (Fsp3) is 0.480. The second-order valence-corrected chi connectivity index (χ2v) is 9.02. The largest absolute Gasteiger partial charge is 0.507 e. The SMILES string of the molecule is Cc1ccc2c(c1O)C[C@@H](C1CCN(CCN(C(N)=O)c3ccccc3F)CC1)O[C@H]2CN. The number of fused-ring (bicyclic) bond motifs is 1. The molecule has 0 bridgehead atoms. The van der Waals surface area contributed by atoms with E-state index in [1.54, 1.807) is 18.2 Å². The van der Waals surface area contributed by atoms with Crippen molar-refractivity contribution in [3.8, 4) is 5.75 Å². The first-order valence-corrected chi connectivity index (χ1v) is 11.6. The molecule has 0 aromatic heterocycles. The molecule has 0 radical (unpaired) electrons. The molecule has 1 saturated heterocycles. The molecule has 7 nitrogen and oxygen atoms in total. The molecule has 178 valence electrons. The summed E-state index contributed by atoms with van der Waals surface area (Å²) in [6, 6.07) is 9.44. The smallest absolute Gasteiger partial charge is 0.319 e. The predicted octanol–water partition coefficient (Wildman–Crippen LogP) is 3.08. The molecule has 0 aliphatic carbocycles. The van der Waals surface area contributed by atoms with Crippen molar-refractivity contribution in [2.24, 2.45) is 17.4 Å². The van der Waals surface area contributed by atoms with Crippen LogP contribution in [0.25, 0.3) is 0 Å². The van der Waals surface area contributed by atoms with Gasteiger partial charge in [-0.05, 0) is 62.0 Å². The van der Waals surface area contributed by atoms with E-state index in [1.165, 1.54) is 11.0 Å². The van der Waals surface area contributed by atoms with E-state index in [9.17, 15) is 14.3 Å². The van der Waals surface area contributed by atoms with E-state index < -0.39 is 11.8 Å². The highest BCUT2D eigenvalue weighted by Crippen LogP contribution is 2.40. The highest BCUT2D eigenvalue weighted by Gasteiger charge is 2.35. The van der Waals surface area contributed by atoms with E-state index in [4.69, 9.17) is 16.2 Å². The average Bonchev–Trinajstić information content (AvgIpc) is 2.82. The van der Waals surface area contributed by atoms with E-state index in [2.05, 4.69) is 4.90 Å². The zero-order chi connectivity index (χ0) is 23.5. The molecule has 0 spiro atoms. The first kappa shape index (κ1) is 23.5. The standard InChI is InChI=1S/C25H33FN4O3/c1-16-6-7-18-19(24(16)31)14-22(33-23(18)15-27)17-8-10-29(11-9-17)12-13-30(25(28)32)21-5-3-2-4-20(21)26/h2-7,17,22-23,31H,8-15,27H2,1H3,(H2,28,32)/t22-,23-/m0/s1. The minimum Gasteiger partial charge on any atom is -0.507 e. The van der Waals surface area contributed by atoms with Crippen molar-refractivity contribution in [3.05, 3.63) is 58.9 Å². The third-order valence-corrected chi connectivity index (χ3v) is 7.03. The second-order valence-electron chi connectivity index (χ2n) is 9.02. The van der Waals surface area contributed by atoms with Gasteiger partial charge >= 0.3 is 6.03 Å². The van der Waals surface area contributed by atoms with Gasteiger partial charge in [0.1, 0.15) is 11.6 Å². The van der Waals surface area contributed by atoms with Gasteiger partial charge in [0.2, 0.25) is 0 Å². The van der Waals surface area contributed by atoms with Gasteiger partial charge in [0.05, 0.1) is 17.9 Å². The third kappa shape index (κ3) is 4.98. The lowest BCUT2D eigenvalue weighted by atomic mass is 9.83. The van der Waals surface area contributed by atoms with Gasteiger partial charge in [-0.2, -0.15) is 0 Å². The number of anilines is 1. The van der Waals surface area contributed by atoms with E-state index >= 15 is 0 Å². The molecule has 8 heteroatoms. The number of phenolic OH excluding ortho intramolecular Hbond substituents is 1. The van der Waals surface area contributed by atoms with Crippen LogP contribution < -0.4 is 16.4 Å². The molecule has 4 rings (SSSR count). The summed E-state index contributed by atoms with van der Waals surface area (Å²) >= 11 is 0. The fourth-order valence-electron chi connectivity index (χ4n) is 5.09. The topological polar surface area (TPSA) is 105 Å². The molecule has 2 aliphatic heterocycles. The zero-order valence-electron chi connectivity index (χ0n) is 19.0. The Morgan fingerprint density at radius 1 is 1.24 bits per heavy atom. The maximum atomic E-state index is 14.1. The third-order valence-electron chi connectivity index (χ3n) is 7.03. The summed E-state index contributed by atoms with van der Waals surface area (Å²) in [7, 11) is 0. The van der Waals surface area contributed by atoms with Gasteiger partial charge in [0.15, 0.2) is 0 Å². The summed E-state index contributed by atoms with van der Waals surface area (Å²) in [5.74, 6) is 0.260. The van der Waals surface area contributed by atoms with Gasteiger partial charge in [-0.3, -0.25) is 4.90 Å². The van der Waals surface area contributed by atoms with Crippen LogP contribution in [-0.2, 0) is 11.2 Å². The van der Waals surface area contributed by atoms with Crippen LogP contribution >= 0.6 is 0 Å². The van der Waals surface area contributed by atoms with Crippen molar-refractivity contribution in [3.63, 3.8) is 0 Å². The van der Waals surface area contributed by atoms with Gasteiger partial charge in [-0.25, -0.2) is 9.18 Å². The quantitative estimate of drug-likeness (QED) is 0.620. The van der Waals surface area contributed by atoms with Crippen LogP contribution in [0.3, 0.4) is 0 Å². The van der Waals surface area contributed by atoms with Gasteiger partial charge in [-0.15, -0.1) is 0 Å². The number of likely N-dealkylation sites (tertiary alicyclic amines) is 1. The molecule has 2 atom stereocenters. The number of rotatable bonds is 6. The highest BCUT2D eigenvalue weighted by molar-refractivity contribution is 5.90. The number of urea groups is 1. The molecule has 2 amide bonds. The Balaban J connectivity index is 1.35. The fourth-order valence-corrected chi connectivity index (χ4v) is 5.09. The number of phenols is 1. The number of hydrogen-bond acceptors (Lipinski definition) is 5. The number of aromatic hydroxyl groups is 1. The number of para-hydroxylation sites is 1. The normalized spacial score (nSPS) is 21.5. The zero-order valence-corrected chi connectivity index (χ0v) is 19.0. The molecular weight excluding hydrogens is 423 g/mol. The molecule has 2 aromatic rings. The average molecular weight is 457 g/mol. The molecule has 2 heterocycles. The van der Waals surface area contributed by atoms with Crippen LogP contribution in [-0.4, -0.2) is 54.9 Å². The van der Waals surface area contributed by atoms with Gasteiger partial charge in [-0.1, -0.05) is 24.3 Å². The van der Waals surface area contributed by atoms with E-state index in [0.29, 0.717) is 37.7 Å². The Bertz CT molecular complexity index is 994. The van der Waals surface area contributed by atoms with Crippen molar-refractivity contribution in [2.45, 2.75) is 38.4 Å². The van der Waals surface area contributed by atoms with Crippen LogP contribution in [0.15, 0.2) is 36.4 Å². The van der Waals surface area contributed by atoms with Crippen molar-refractivity contribution in [2.75, 3.05) is 37.6 Å². The van der Waals surface area contributed by atoms with Crippen molar-refractivity contribution in [1.82, 2.24) is 4.90 Å². The molecule has 2 aromatic carbocycles. The molecule has 0 unspecified atom stereocenters. The summed E-state index contributed by atoms with van der Waals surface area (Å²) in [6.07, 6.45) is 2.39. The number of amides is 2. The lowest BCUT2D eigenvalue weighted by Gasteiger charge is -2.40. The van der Waals surface area contributed by atoms with Crippen LogP contribution in [0, 0.1) is 18.7 Å². The molecule has 0 saturated carbocycles. The lowest BCUT2D eigenvalue weighted by Crippen LogP contribution is -2.46. The first-order chi connectivity index (χ1) is 15.9. The minimum absolute atomic E-state index is 0.0152. The number of benzene rings is 2. The number of halogens is 1. The maximum absolute atomic E-state index is 14.1. The van der Waals surface area contributed by atoms with E-state index in [-0.39, 0.29) is 17.9 Å². The summed E-state index contributed by atoms with van der Waals surface area (Å²) < 4.78 is 20.5. The van der Waals surface area contributed by atoms with Gasteiger partial charge < -0.3 is 26.2 Å². The van der Waals surface area contributed by atoms with Crippen molar-refractivity contribution >= 4 is 11.7 Å². The second kappa shape index (κ2) is 10.1. The molecular formula is C25H33FN4O3.